The highest BCUT2D eigenvalue weighted by Gasteiger charge is 2.36. The first-order valence-electron chi connectivity index (χ1n) is 6.70. The zero-order valence-corrected chi connectivity index (χ0v) is 14.9. The molecule has 1 amide bonds. The van der Waals surface area contributed by atoms with E-state index in [-0.39, 0.29) is 12.2 Å². The van der Waals surface area contributed by atoms with Crippen LogP contribution >= 0.6 is 15.9 Å². The first-order valence-corrected chi connectivity index (χ1v) is 7.49. The Morgan fingerprint density at radius 1 is 1.29 bits per heavy atom. The molecule has 0 atom stereocenters. The zero-order chi connectivity index (χ0) is 16.4. The number of hydrogen-bond donors (Lipinski definition) is 0. The number of hydrogen-bond acceptors (Lipinski definition) is 3. The monoisotopic (exact) mass is 360 g/mol. The van der Waals surface area contributed by atoms with Gasteiger partial charge in [0.05, 0.1) is 6.20 Å². The van der Waals surface area contributed by atoms with E-state index in [2.05, 4.69) is 20.9 Å². The van der Waals surface area contributed by atoms with Gasteiger partial charge in [0.15, 0.2) is 0 Å². The minimum absolute atomic E-state index is 0.131. The van der Waals surface area contributed by atoms with Crippen LogP contribution in [0.4, 0.5) is 9.18 Å². The molecular weight excluding hydrogens is 339 g/mol. The van der Waals surface area contributed by atoms with E-state index in [1.54, 1.807) is 4.90 Å². The number of halogens is 2. The van der Waals surface area contributed by atoms with Crippen LogP contribution in [-0.4, -0.2) is 27.1 Å². The Labute approximate surface area is 133 Å². The van der Waals surface area contributed by atoms with Gasteiger partial charge < -0.3 is 4.74 Å². The fraction of sp³-hybridized carbons (Fsp3) is 0.600. The Kier molecular flexibility index (Phi) is 5.36. The molecule has 0 fully saturated rings. The van der Waals surface area contributed by atoms with Crippen LogP contribution in [0.1, 0.15) is 47.1 Å². The highest BCUT2D eigenvalue weighted by molar-refractivity contribution is 9.10. The lowest BCUT2D eigenvalue weighted by atomic mass is 9.97. The average Bonchev–Trinajstić information content (AvgIpc) is 2.26. The van der Waals surface area contributed by atoms with Gasteiger partial charge in [-0.05, 0) is 63.5 Å². The summed E-state index contributed by atoms with van der Waals surface area (Å²) in [7, 11) is 0. The normalized spacial score (nSPS) is 12.2. The van der Waals surface area contributed by atoms with Crippen LogP contribution in [-0.2, 0) is 11.3 Å². The number of pyridine rings is 1. The maximum Gasteiger partial charge on any atom is 0.410 e. The van der Waals surface area contributed by atoms with Crippen molar-refractivity contribution in [2.45, 2.75) is 59.2 Å². The quantitative estimate of drug-likeness (QED) is 0.728. The van der Waals surface area contributed by atoms with Crippen molar-refractivity contribution >= 4 is 22.0 Å². The summed E-state index contributed by atoms with van der Waals surface area (Å²) in [4.78, 5) is 17.8. The van der Waals surface area contributed by atoms with Crippen molar-refractivity contribution in [3.8, 4) is 0 Å². The molecule has 0 unspecified atom stereocenters. The highest BCUT2D eigenvalue weighted by Crippen LogP contribution is 2.26. The Morgan fingerprint density at radius 3 is 2.29 bits per heavy atom. The maximum atomic E-state index is 13.6. The molecule has 0 saturated carbocycles. The molecule has 1 aromatic rings. The van der Waals surface area contributed by atoms with Gasteiger partial charge in [0.1, 0.15) is 17.0 Å². The largest absolute Gasteiger partial charge is 0.444 e. The minimum Gasteiger partial charge on any atom is -0.444 e. The summed E-state index contributed by atoms with van der Waals surface area (Å²) < 4.78 is 19.4. The van der Waals surface area contributed by atoms with E-state index in [1.807, 2.05) is 41.5 Å². The van der Waals surface area contributed by atoms with Crippen LogP contribution < -0.4 is 0 Å². The second-order valence-corrected chi connectivity index (χ2v) is 7.64. The second-order valence-electron chi connectivity index (χ2n) is 6.83. The number of nitrogens with zero attached hydrogens (tertiary/aromatic N) is 2. The van der Waals surface area contributed by atoms with Crippen molar-refractivity contribution in [1.82, 2.24) is 9.88 Å². The number of amides is 1. The lowest BCUT2D eigenvalue weighted by Gasteiger charge is -2.44. The van der Waals surface area contributed by atoms with Gasteiger partial charge in [-0.15, -0.1) is 0 Å². The molecule has 21 heavy (non-hydrogen) atoms. The smallest absolute Gasteiger partial charge is 0.410 e. The molecule has 0 N–H and O–H groups in total. The Bertz CT molecular complexity index is 507. The number of carbonyl (C=O) groups excluding carboxylic acids is 1. The van der Waals surface area contributed by atoms with Gasteiger partial charge in [-0.2, -0.15) is 0 Å². The van der Waals surface area contributed by atoms with Gasteiger partial charge in [-0.3, -0.25) is 4.90 Å². The van der Waals surface area contributed by atoms with Crippen LogP contribution in [0, 0.1) is 5.82 Å². The van der Waals surface area contributed by atoms with E-state index in [0.717, 1.165) is 6.20 Å². The summed E-state index contributed by atoms with van der Waals surface area (Å²) >= 11 is 3.17. The predicted octanol–water partition coefficient (Wildman–Crippen LogP) is 4.52. The topological polar surface area (TPSA) is 42.4 Å². The summed E-state index contributed by atoms with van der Waals surface area (Å²) in [6, 6.07) is 1.50. The SMILES string of the molecule is CC(C)(C)N(C(=O)OCc1cc(Br)ncc1F)C(C)(C)C. The Balaban J connectivity index is 2.87. The number of aromatic nitrogens is 1. The number of ether oxygens (including phenoxy) is 1. The molecule has 0 saturated heterocycles. The third-order valence-corrected chi connectivity index (χ3v) is 3.21. The van der Waals surface area contributed by atoms with E-state index < -0.39 is 23.0 Å². The zero-order valence-electron chi connectivity index (χ0n) is 13.3. The second kappa shape index (κ2) is 6.30. The molecule has 118 valence electrons. The summed E-state index contributed by atoms with van der Waals surface area (Å²) in [5.74, 6) is -0.496. The van der Waals surface area contributed by atoms with E-state index in [4.69, 9.17) is 4.74 Å². The van der Waals surface area contributed by atoms with Crippen molar-refractivity contribution in [1.29, 1.82) is 0 Å². The standard InChI is InChI=1S/C15H22BrFN2O2/c1-14(2,3)19(15(4,5)6)13(20)21-9-10-7-12(16)18-8-11(10)17/h7-8H,9H2,1-6H3. The fourth-order valence-corrected chi connectivity index (χ4v) is 2.70. The van der Waals surface area contributed by atoms with Crippen molar-refractivity contribution in [2.24, 2.45) is 0 Å². The molecule has 4 nitrogen and oxygen atoms in total. The van der Waals surface area contributed by atoms with Gasteiger partial charge >= 0.3 is 6.09 Å². The summed E-state index contributed by atoms with van der Waals surface area (Å²) in [6.45, 7) is 11.5. The summed E-state index contributed by atoms with van der Waals surface area (Å²) in [5.41, 5.74) is -0.507. The molecule has 0 bridgehead atoms. The molecule has 0 aliphatic carbocycles. The van der Waals surface area contributed by atoms with E-state index in [9.17, 15) is 9.18 Å². The molecule has 0 radical (unpaired) electrons. The number of carbonyl (C=O) groups is 1. The van der Waals surface area contributed by atoms with Crippen molar-refractivity contribution in [2.75, 3.05) is 0 Å². The van der Waals surface area contributed by atoms with Crippen LogP contribution in [0.25, 0.3) is 0 Å². The summed E-state index contributed by atoms with van der Waals surface area (Å²) in [5, 5.41) is 0. The van der Waals surface area contributed by atoms with Crippen molar-refractivity contribution in [3.05, 3.63) is 28.2 Å². The first kappa shape index (κ1) is 17.9. The van der Waals surface area contributed by atoms with Crippen LogP contribution in [0.3, 0.4) is 0 Å². The van der Waals surface area contributed by atoms with Gasteiger partial charge in [0, 0.05) is 16.6 Å². The molecule has 0 spiro atoms. The third-order valence-electron chi connectivity index (χ3n) is 2.78. The van der Waals surface area contributed by atoms with Gasteiger partial charge in [0.2, 0.25) is 0 Å². The third kappa shape index (κ3) is 4.95. The number of rotatable bonds is 2. The summed E-state index contributed by atoms with van der Waals surface area (Å²) in [6.07, 6.45) is 0.626. The molecule has 0 aromatic carbocycles. The van der Waals surface area contributed by atoms with Gasteiger partial charge in [0.25, 0.3) is 0 Å². The first-order chi connectivity index (χ1) is 9.43. The molecule has 0 aliphatic rings. The van der Waals surface area contributed by atoms with E-state index in [1.165, 1.54) is 6.07 Å². The Hall–Kier alpha value is -1.17. The van der Waals surface area contributed by atoms with Gasteiger partial charge in [-0.25, -0.2) is 14.2 Å². The van der Waals surface area contributed by atoms with Crippen LogP contribution in [0.5, 0.6) is 0 Å². The van der Waals surface area contributed by atoms with E-state index in [0.29, 0.717) is 4.60 Å². The molecule has 6 heteroatoms. The lowest BCUT2D eigenvalue weighted by molar-refractivity contribution is 0.0166. The molecule has 1 rings (SSSR count). The van der Waals surface area contributed by atoms with E-state index >= 15 is 0 Å². The van der Waals surface area contributed by atoms with Crippen molar-refractivity contribution in [3.63, 3.8) is 0 Å². The molecule has 1 aromatic heterocycles. The van der Waals surface area contributed by atoms with Crippen LogP contribution in [0.15, 0.2) is 16.9 Å². The van der Waals surface area contributed by atoms with Crippen LogP contribution in [0.2, 0.25) is 0 Å². The molecule has 0 aliphatic heterocycles. The highest BCUT2D eigenvalue weighted by atomic mass is 79.9. The Morgan fingerprint density at radius 2 is 1.81 bits per heavy atom. The molecule has 1 heterocycles. The predicted molar refractivity (Wildman–Crippen MR) is 83.4 cm³/mol. The maximum absolute atomic E-state index is 13.6. The van der Waals surface area contributed by atoms with Crippen molar-refractivity contribution < 1.29 is 13.9 Å². The fourth-order valence-electron chi connectivity index (χ4n) is 2.32. The van der Waals surface area contributed by atoms with Gasteiger partial charge in [-0.1, -0.05) is 0 Å². The molecular formula is C15H22BrFN2O2. The average molecular weight is 361 g/mol. The minimum atomic E-state index is -0.496. The lowest BCUT2D eigenvalue weighted by Crippen LogP contribution is -2.55.